The van der Waals surface area contributed by atoms with Crippen LogP contribution in [-0.2, 0) is 16.0 Å². The number of nitrogens with zero attached hydrogens (tertiary/aromatic N) is 1. The summed E-state index contributed by atoms with van der Waals surface area (Å²) in [6.07, 6.45) is 0.787. The molecule has 6 heteroatoms. The summed E-state index contributed by atoms with van der Waals surface area (Å²) in [6, 6.07) is 11.1. The number of methoxy groups -OCH3 is 1. The van der Waals surface area contributed by atoms with Gasteiger partial charge in [0.25, 0.3) is 5.91 Å². The molecule has 1 aliphatic heterocycles. The number of ether oxygens (including phenoxy) is 2. The van der Waals surface area contributed by atoms with Crippen molar-refractivity contribution in [2.75, 3.05) is 30.5 Å². The maximum absolute atomic E-state index is 12.2. The molecule has 0 saturated carbocycles. The average Bonchev–Trinajstić information content (AvgIpc) is 3.04. The minimum atomic E-state index is -0.256. The highest BCUT2D eigenvalue weighted by Gasteiger charge is 2.22. The van der Waals surface area contributed by atoms with Gasteiger partial charge in [-0.3, -0.25) is 9.59 Å². The Morgan fingerprint density at radius 3 is 2.69 bits per heavy atom. The second-order valence-corrected chi connectivity index (χ2v) is 6.26. The first-order chi connectivity index (χ1) is 12.5. The molecule has 1 N–H and O–H groups in total. The van der Waals surface area contributed by atoms with Crippen molar-refractivity contribution in [1.82, 2.24) is 0 Å². The molecule has 2 amide bonds. The Labute approximate surface area is 152 Å². The normalized spacial score (nSPS) is 12.5. The minimum Gasteiger partial charge on any atom is -0.493 e. The molecule has 0 fully saturated rings. The van der Waals surface area contributed by atoms with E-state index in [1.54, 1.807) is 31.1 Å². The predicted molar refractivity (Wildman–Crippen MR) is 100 cm³/mol. The van der Waals surface area contributed by atoms with E-state index in [-0.39, 0.29) is 18.4 Å². The number of aryl methyl sites for hydroxylation is 1. The number of hydrogen-bond donors (Lipinski definition) is 1. The number of amides is 2. The Balaban J connectivity index is 1.62. The van der Waals surface area contributed by atoms with Crippen molar-refractivity contribution in [2.45, 2.75) is 20.3 Å². The summed E-state index contributed by atoms with van der Waals surface area (Å²) in [7, 11) is 1.57. The lowest BCUT2D eigenvalue weighted by Crippen LogP contribution is -2.25. The molecular weight excluding hydrogens is 332 g/mol. The summed E-state index contributed by atoms with van der Waals surface area (Å²) >= 11 is 0. The molecule has 0 aromatic heterocycles. The highest BCUT2D eigenvalue weighted by atomic mass is 16.5. The summed E-state index contributed by atoms with van der Waals surface area (Å²) in [5.41, 5.74) is 3.71. The second kappa shape index (κ2) is 7.47. The maximum atomic E-state index is 12.2. The van der Waals surface area contributed by atoms with Gasteiger partial charge >= 0.3 is 0 Å². The van der Waals surface area contributed by atoms with E-state index in [2.05, 4.69) is 5.32 Å². The molecule has 0 spiro atoms. The highest BCUT2D eigenvalue weighted by Crippen LogP contribution is 2.31. The zero-order chi connectivity index (χ0) is 18.7. The van der Waals surface area contributed by atoms with Crippen LogP contribution >= 0.6 is 0 Å². The monoisotopic (exact) mass is 354 g/mol. The fourth-order valence-electron chi connectivity index (χ4n) is 3.04. The van der Waals surface area contributed by atoms with Gasteiger partial charge in [0.1, 0.15) is 0 Å². The van der Waals surface area contributed by atoms with Crippen molar-refractivity contribution in [3.05, 3.63) is 47.5 Å². The Hall–Kier alpha value is -3.02. The van der Waals surface area contributed by atoms with Crippen LogP contribution in [0.2, 0.25) is 0 Å². The van der Waals surface area contributed by atoms with E-state index >= 15 is 0 Å². The van der Waals surface area contributed by atoms with Gasteiger partial charge in [-0.25, -0.2) is 0 Å². The van der Waals surface area contributed by atoms with Crippen LogP contribution < -0.4 is 19.7 Å². The summed E-state index contributed by atoms with van der Waals surface area (Å²) in [5, 5.41) is 2.83. The largest absolute Gasteiger partial charge is 0.493 e. The standard InChI is InChI=1S/C20H22N2O4/c1-13-4-7-18(19(10-13)25-3)26-12-20(24)21-16-5-6-17-15(11-16)8-9-22(17)14(2)23/h4-7,10-11H,8-9,12H2,1-3H3,(H,21,24). The number of fused-ring (bicyclic) bond motifs is 1. The number of carbonyl (C=O) groups excluding carboxylic acids is 2. The summed E-state index contributed by atoms with van der Waals surface area (Å²) in [4.78, 5) is 25.5. The first kappa shape index (κ1) is 17.8. The quantitative estimate of drug-likeness (QED) is 0.896. The van der Waals surface area contributed by atoms with Crippen LogP contribution in [0.4, 0.5) is 11.4 Å². The van der Waals surface area contributed by atoms with Crippen molar-refractivity contribution in [3.63, 3.8) is 0 Å². The van der Waals surface area contributed by atoms with Crippen LogP contribution in [-0.4, -0.2) is 32.1 Å². The van der Waals surface area contributed by atoms with E-state index in [0.29, 0.717) is 23.7 Å². The number of hydrogen-bond acceptors (Lipinski definition) is 4. The topological polar surface area (TPSA) is 67.9 Å². The third kappa shape index (κ3) is 3.79. The smallest absolute Gasteiger partial charge is 0.262 e. The molecule has 1 heterocycles. The Kier molecular flexibility index (Phi) is 5.11. The molecule has 136 valence electrons. The number of rotatable bonds is 5. The van der Waals surface area contributed by atoms with Crippen LogP contribution in [0.25, 0.3) is 0 Å². The van der Waals surface area contributed by atoms with Crippen molar-refractivity contribution >= 4 is 23.2 Å². The number of carbonyl (C=O) groups is 2. The zero-order valence-electron chi connectivity index (χ0n) is 15.2. The average molecular weight is 354 g/mol. The van der Waals surface area contributed by atoms with Gasteiger partial charge in [-0.15, -0.1) is 0 Å². The number of nitrogens with one attached hydrogen (secondary N) is 1. The molecule has 0 aliphatic carbocycles. The molecule has 0 unspecified atom stereocenters. The summed E-state index contributed by atoms with van der Waals surface area (Å²) < 4.78 is 10.8. The molecule has 1 aliphatic rings. The highest BCUT2D eigenvalue weighted by molar-refractivity contribution is 5.96. The summed E-state index contributed by atoms with van der Waals surface area (Å²) in [5.74, 6) is 0.897. The predicted octanol–water partition coefficient (Wildman–Crippen LogP) is 2.93. The first-order valence-electron chi connectivity index (χ1n) is 8.46. The van der Waals surface area contributed by atoms with E-state index in [1.165, 1.54) is 0 Å². The van der Waals surface area contributed by atoms with Gasteiger partial charge < -0.3 is 19.7 Å². The maximum Gasteiger partial charge on any atom is 0.262 e. The molecule has 0 saturated heterocycles. The molecule has 3 rings (SSSR count). The first-order valence-corrected chi connectivity index (χ1v) is 8.46. The molecule has 0 atom stereocenters. The third-order valence-electron chi connectivity index (χ3n) is 4.32. The van der Waals surface area contributed by atoms with E-state index in [9.17, 15) is 9.59 Å². The summed E-state index contributed by atoms with van der Waals surface area (Å²) in [6.45, 7) is 4.08. The van der Waals surface area contributed by atoms with Crippen LogP contribution in [0.3, 0.4) is 0 Å². The van der Waals surface area contributed by atoms with Gasteiger partial charge in [-0.05, 0) is 54.8 Å². The third-order valence-corrected chi connectivity index (χ3v) is 4.32. The molecular formula is C20H22N2O4. The molecule has 6 nitrogen and oxygen atoms in total. The lowest BCUT2D eigenvalue weighted by atomic mass is 10.1. The van der Waals surface area contributed by atoms with Crippen LogP contribution in [0.1, 0.15) is 18.1 Å². The SMILES string of the molecule is COc1cc(C)ccc1OCC(=O)Nc1ccc2c(c1)CCN2C(C)=O. The van der Waals surface area contributed by atoms with Crippen LogP contribution in [0, 0.1) is 6.92 Å². The lowest BCUT2D eigenvalue weighted by molar-refractivity contribution is -0.118. The van der Waals surface area contributed by atoms with Gasteiger partial charge in [0.05, 0.1) is 7.11 Å². The molecule has 26 heavy (non-hydrogen) atoms. The van der Waals surface area contributed by atoms with E-state index in [0.717, 1.165) is 23.2 Å². The second-order valence-electron chi connectivity index (χ2n) is 6.26. The van der Waals surface area contributed by atoms with Crippen LogP contribution in [0.15, 0.2) is 36.4 Å². The zero-order valence-corrected chi connectivity index (χ0v) is 15.2. The van der Waals surface area contributed by atoms with Crippen molar-refractivity contribution in [1.29, 1.82) is 0 Å². The van der Waals surface area contributed by atoms with Crippen molar-refractivity contribution in [2.24, 2.45) is 0 Å². The molecule has 2 aromatic rings. The van der Waals surface area contributed by atoms with E-state index in [1.807, 2.05) is 31.2 Å². The van der Waals surface area contributed by atoms with Gasteiger partial charge in [-0.1, -0.05) is 6.07 Å². The fraction of sp³-hybridized carbons (Fsp3) is 0.300. The van der Waals surface area contributed by atoms with Crippen molar-refractivity contribution in [3.8, 4) is 11.5 Å². The Morgan fingerprint density at radius 1 is 1.15 bits per heavy atom. The van der Waals surface area contributed by atoms with E-state index in [4.69, 9.17) is 9.47 Å². The lowest BCUT2D eigenvalue weighted by Gasteiger charge is -2.15. The van der Waals surface area contributed by atoms with Gasteiger partial charge in [-0.2, -0.15) is 0 Å². The molecule has 2 aromatic carbocycles. The van der Waals surface area contributed by atoms with Crippen molar-refractivity contribution < 1.29 is 19.1 Å². The Morgan fingerprint density at radius 2 is 1.96 bits per heavy atom. The molecule has 0 bridgehead atoms. The Bertz CT molecular complexity index is 848. The van der Waals surface area contributed by atoms with Gasteiger partial charge in [0.2, 0.25) is 5.91 Å². The van der Waals surface area contributed by atoms with Gasteiger partial charge in [0, 0.05) is 24.8 Å². The van der Waals surface area contributed by atoms with Crippen LogP contribution in [0.5, 0.6) is 11.5 Å². The number of benzene rings is 2. The molecule has 0 radical (unpaired) electrons. The number of anilines is 2. The fourth-order valence-corrected chi connectivity index (χ4v) is 3.04. The van der Waals surface area contributed by atoms with Gasteiger partial charge in [0.15, 0.2) is 18.1 Å². The minimum absolute atomic E-state index is 0.0287. The van der Waals surface area contributed by atoms with E-state index < -0.39 is 0 Å².